The number of amides is 2. The van der Waals surface area contributed by atoms with Crippen LogP contribution in [0.4, 0.5) is 15.6 Å². The molecule has 0 atom stereocenters. The number of aromatic nitrogens is 2. The molecule has 7 heteroatoms. The zero-order valence-electron chi connectivity index (χ0n) is 14.9. The lowest BCUT2D eigenvalue weighted by Gasteiger charge is -2.34. The first kappa shape index (κ1) is 16.8. The first-order valence-electron chi connectivity index (χ1n) is 8.70. The van der Waals surface area contributed by atoms with E-state index in [1.807, 2.05) is 43.0 Å². The van der Waals surface area contributed by atoms with Crippen molar-refractivity contribution in [2.45, 2.75) is 13.8 Å². The van der Waals surface area contributed by atoms with E-state index in [1.54, 1.807) is 17.5 Å². The fourth-order valence-corrected chi connectivity index (χ4v) is 4.02. The summed E-state index contributed by atoms with van der Waals surface area (Å²) in [4.78, 5) is 26.7. The number of piperazine rings is 1. The number of carbonyl (C=O) groups is 1. The summed E-state index contributed by atoms with van der Waals surface area (Å²) in [6.45, 7) is 6.95. The highest BCUT2D eigenvalue weighted by atomic mass is 32.1. The minimum absolute atomic E-state index is 0.0377. The Kier molecular flexibility index (Phi) is 4.46. The molecule has 0 spiro atoms. The zero-order valence-corrected chi connectivity index (χ0v) is 15.7. The highest BCUT2D eigenvalue weighted by Gasteiger charge is 2.23. The van der Waals surface area contributed by atoms with Crippen LogP contribution < -0.4 is 10.2 Å². The van der Waals surface area contributed by atoms with Crippen LogP contribution in [-0.2, 0) is 0 Å². The number of thiazole rings is 1. The molecule has 26 heavy (non-hydrogen) atoms. The molecule has 1 aliphatic rings. The fourth-order valence-electron chi connectivity index (χ4n) is 3.06. The van der Waals surface area contributed by atoms with Crippen LogP contribution in [0.1, 0.15) is 11.1 Å². The normalized spacial score (nSPS) is 14.7. The molecule has 0 unspecified atom stereocenters. The number of aryl methyl sites for hydroxylation is 2. The molecule has 4 rings (SSSR count). The molecule has 1 N–H and O–H groups in total. The predicted octanol–water partition coefficient (Wildman–Crippen LogP) is 3.66. The van der Waals surface area contributed by atoms with Crippen LogP contribution in [0.3, 0.4) is 0 Å². The number of fused-ring (bicyclic) bond motifs is 1. The number of rotatable bonds is 2. The standard InChI is InChI=1S/C19H21N5OS/c1-13-5-6-14(2)16(12-13)21-18(25)23-8-10-24(11-9-23)19-22-15-4-3-7-20-17(15)26-19/h3-7,12H,8-11H2,1-2H3,(H,21,25). The number of nitrogens with zero attached hydrogens (tertiary/aromatic N) is 4. The molecule has 1 fully saturated rings. The van der Waals surface area contributed by atoms with Crippen molar-refractivity contribution < 1.29 is 4.79 Å². The maximum Gasteiger partial charge on any atom is 0.321 e. The van der Waals surface area contributed by atoms with Crippen molar-refractivity contribution in [1.29, 1.82) is 0 Å². The van der Waals surface area contributed by atoms with E-state index in [0.29, 0.717) is 13.1 Å². The van der Waals surface area contributed by atoms with Crippen LogP contribution in [0.15, 0.2) is 36.5 Å². The Morgan fingerprint density at radius 2 is 1.96 bits per heavy atom. The van der Waals surface area contributed by atoms with E-state index < -0.39 is 0 Å². The van der Waals surface area contributed by atoms with Crippen LogP contribution in [0.25, 0.3) is 10.3 Å². The van der Waals surface area contributed by atoms with Crippen LogP contribution >= 0.6 is 11.3 Å². The van der Waals surface area contributed by atoms with Crippen LogP contribution in [0.5, 0.6) is 0 Å². The summed E-state index contributed by atoms with van der Waals surface area (Å²) in [6, 6.07) is 9.94. The van der Waals surface area contributed by atoms with E-state index in [4.69, 9.17) is 0 Å². The fraction of sp³-hybridized carbons (Fsp3) is 0.316. The molecule has 2 amide bonds. The summed E-state index contributed by atoms with van der Waals surface area (Å²) < 4.78 is 0. The van der Waals surface area contributed by atoms with Gasteiger partial charge < -0.3 is 15.1 Å². The van der Waals surface area contributed by atoms with Gasteiger partial charge in [-0.25, -0.2) is 14.8 Å². The second kappa shape index (κ2) is 6.92. The van der Waals surface area contributed by atoms with Crippen molar-refractivity contribution in [3.8, 4) is 0 Å². The summed E-state index contributed by atoms with van der Waals surface area (Å²) in [7, 11) is 0. The molecule has 1 aromatic carbocycles. The number of nitrogens with one attached hydrogen (secondary N) is 1. The monoisotopic (exact) mass is 367 g/mol. The maximum absolute atomic E-state index is 12.6. The molecule has 134 valence electrons. The van der Waals surface area contributed by atoms with Gasteiger partial charge in [0, 0.05) is 38.1 Å². The summed E-state index contributed by atoms with van der Waals surface area (Å²) in [5.74, 6) is 0. The largest absolute Gasteiger partial charge is 0.344 e. The first-order valence-corrected chi connectivity index (χ1v) is 9.51. The summed E-state index contributed by atoms with van der Waals surface area (Å²) in [5, 5.41) is 4.02. The van der Waals surface area contributed by atoms with Gasteiger partial charge in [0.1, 0.15) is 10.3 Å². The highest BCUT2D eigenvalue weighted by molar-refractivity contribution is 7.21. The van der Waals surface area contributed by atoms with Gasteiger partial charge in [-0.15, -0.1) is 0 Å². The summed E-state index contributed by atoms with van der Waals surface area (Å²) in [6.07, 6.45) is 1.79. The van der Waals surface area contributed by atoms with Gasteiger partial charge in [0.2, 0.25) is 0 Å². The highest BCUT2D eigenvalue weighted by Crippen LogP contribution is 2.27. The lowest BCUT2D eigenvalue weighted by atomic mass is 10.1. The minimum Gasteiger partial charge on any atom is -0.344 e. The number of hydrogen-bond donors (Lipinski definition) is 1. The Morgan fingerprint density at radius 3 is 2.73 bits per heavy atom. The maximum atomic E-state index is 12.6. The molecule has 1 saturated heterocycles. The average Bonchev–Trinajstić information content (AvgIpc) is 3.09. The number of anilines is 2. The Balaban J connectivity index is 1.39. The van der Waals surface area contributed by atoms with E-state index >= 15 is 0 Å². The molecule has 0 aliphatic carbocycles. The second-order valence-corrected chi connectivity index (χ2v) is 7.50. The topological polar surface area (TPSA) is 61.4 Å². The van der Waals surface area contributed by atoms with Crippen LogP contribution in [-0.4, -0.2) is 47.1 Å². The Labute approximate surface area is 156 Å². The number of pyridine rings is 1. The number of benzene rings is 1. The van der Waals surface area contributed by atoms with Gasteiger partial charge in [0.05, 0.1) is 0 Å². The summed E-state index contributed by atoms with van der Waals surface area (Å²) in [5.41, 5.74) is 4.03. The van der Waals surface area contributed by atoms with Crippen molar-refractivity contribution in [1.82, 2.24) is 14.9 Å². The molecule has 6 nitrogen and oxygen atoms in total. The number of carbonyl (C=O) groups excluding carboxylic acids is 1. The Bertz CT molecular complexity index is 913. The van der Waals surface area contributed by atoms with Gasteiger partial charge in [-0.3, -0.25) is 0 Å². The predicted molar refractivity (Wildman–Crippen MR) is 106 cm³/mol. The third kappa shape index (κ3) is 3.35. The third-order valence-electron chi connectivity index (χ3n) is 4.63. The van der Waals surface area contributed by atoms with E-state index in [2.05, 4.69) is 26.3 Å². The third-order valence-corrected chi connectivity index (χ3v) is 5.67. The van der Waals surface area contributed by atoms with Gasteiger partial charge in [0.25, 0.3) is 0 Å². The smallest absolute Gasteiger partial charge is 0.321 e. The van der Waals surface area contributed by atoms with E-state index in [9.17, 15) is 4.79 Å². The quantitative estimate of drug-likeness (QED) is 0.751. The molecule has 0 saturated carbocycles. The van der Waals surface area contributed by atoms with E-state index in [-0.39, 0.29) is 6.03 Å². The van der Waals surface area contributed by atoms with E-state index in [1.165, 1.54) is 0 Å². The van der Waals surface area contributed by atoms with Crippen molar-refractivity contribution in [2.24, 2.45) is 0 Å². The van der Waals surface area contributed by atoms with Crippen LogP contribution in [0, 0.1) is 13.8 Å². The van der Waals surface area contributed by atoms with Gasteiger partial charge >= 0.3 is 6.03 Å². The molecule has 0 radical (unpaired) electrons. The average molecular weight is 367 g/mol. The Hall–Kier alpha value is -2.67. The SMILES string of the molecule is Cc1ccc(C)c(NC(=O)N2CCN(c3nc4cccnc4s3)CC2)c1. The zero-order chi connectivity index (χ0) is 18.1. The molecule has 0 bridgehead atoms. The molecule has 3 aromatic rings. The van der Waals surface area contributed by atoms with Crippen molar-refractivity contribution in [2.75, 3.05) is 36.4 Å². The number of urea groups is 1. The molecule has 2 aromatic heterocycles. The molecule has 3 heterocycles. The lowest BCUT2D eigenvalue weighted by molar-refractivity contribution is 0.208. The molecule has 1 aliphatic heterocycles. The van der Waals surface area contributed by atoms with Crippen molar-refractivity contribution >= 4 is 38.5 Å². The van der Waals surface area contributed by atoms with Gasteiger partial charge in [-0.2, -0.15) is 0 Å². The van der Waals surface area contributed by atoms with Crippen LogP contribution in [0.2, 0.25) is 0 Å². The van der Waals surface area contributed by atoms with Crippen molar-refractivity contribution in [3.63, 3.8) is 0 Å². The Morgan fingerprint density at radius 1 is 1.15 bits per heavy atom. The first-order chi connectivity index (χ1) is 12.6. The minimum atomic E-state index is -0.0377. The summed E-state index contributed by atoms with van der Waals surface area (Å²) >= 11 is 1.60. The van der Waals surface area contributed by atoms with Gasteiger partial charge in [0.15, 0.2) is 5.13 Å². The van der Waals surface area contributed by atoms with Gasteiger partial charge in [-0.05, 0) is 43.2 Å². The second-order valence-electron chi connectivity index (χ2n) is 6.55. The molecular formula is C19H21N5OS. The van der Waals surface area contributed by atoms with E-state index in [0.717, 1.165) is 45.4 Å². The van der Waals surface area contributed by atoms with Crippen molar-refractivity contribution in [3.05, 3.63) is 47.7 Å². The number of hydrogen-bond acceptors (Lipinski definition) is 5. The molecular weight excluding hydrogens is 346 g/mol. The lowest BCUT2D eigenvalue weighted by Crippen LogP contribution is -2.50. The van der Waals surface area contributed by atoms with Gasteiger partial charge in [-0.1, -0.05) is 23.5 Å².